The summed E-state index contributed by atoms with van der Waals surface area (Å²) in [5.41, 5.74) is 0.999. The minimum Gasteiger partial charge on any atom is -0.480 e. The fourth-order valence-corrected chi connectivity index (χ4v) is 5.01. The van der Waals surface area contributed by atoms with Crippen LogP contribution in [0.3, 0.4) is 0 Å². The average Bonchev–Trinajstić information content (AvgIpc) is 3.13. The normalized spacial score (nSPS) is 22.1. The summed E-state index contributed by atoms with van der Waals surface area (Å²) in [6.45, 7) is 4.02. The highest BCUT2D eigenvalue weighted by Crippen LogP contribution is 2.20. The zero-order valence-electron chi connectivity index (χ0n) is 15.4. The molecular formula is C18H25N3O5S. The molecule has 1 amide bonds. The van der Waals surface area contributed by atoms with E-state index < -0.39 is 22.0 Å². The Morgan fingerprint density at radius 3 is 2.30 bits per heavy atom. The van der Waals surface area contributed by atoms with Gasteiger partial charge in [0.15, 0.2) is 0 Å². The molecule has 2 saturated heterocycles. The molecule has 2 aliphatic rings. The maximum absolute atomic E-state index is 12.7. The molecule has 3 rings (SSSR count). The van der Waals surface area contributed by atoms with E-state index >= 15 is 0 Å². The van der Waals surface area contributed by atoms with Crippen LogP contribution in [0.4, 0.5) is 0 Å². The number of nitrogens with zero attached hydrogens (tertiary/aromatic N) is 3. The predicted octanol–water partition coefficient (Wildman–Crippen LogP) is 0.377. The number of aliphatic carboxylic acids is 1. The topological polar surface area (TPSA) is 98.2 Å². The predicted molar refractivity (Wildman–Crippen MR) is 98.7 cm³/mol. The molecule has 2 heterocycles. The average molecular weight is 395 g/mol. The van der Waals surface area contributed by atoms with Crippen molar-refractivity contribution in [2.24, 2.45) is 0 Å². The van der Waals surface area contributed by atoms with Gasteiger partial charge in [-0.15, -0.1) is 0 Å². The number of hydrogen-bond donors (Lipinski definition) is 1. The van der Waals surface area contributed by atoms with Gasteiger partial charge in [-0.1, -0.05) is 17.7 Å². The minimum absolute atomic E-state index is 0.127. The zero-order chi connectivity index (χ0) is 19.6. The van der Waals surface area contributed by atoms with Crippen LogP contribution in [-0.4, -0.2) is 84.8 Å². The first-order chi connectivity index (χ1) is 12.8. The van der Waals surface area contributed by atoms with Crippen molar-refractivity contribution in [3.63, 3.8) is 0 Å². The van der Waals surface area contributed by atoms with Crippen LogP contribution in [0.15, 0.2) is 29.2 Å². The Morgan fingerprint density at radius 2 is 1.70 bits per heavy atom. The molecule has 27 heavy (non-hydrogen) atoms. The third-order valence-electron chi connectivity index (χ3n) is 5.21. The van der Waals surface area contributed by atoms with Crippen LogP contribution in [0.1, 0.15) is 18.4 Å². The number of amides is 1. The molecule has 9 heteroatoms. The monoisotopic (exact) mass is 395 g/mol. The lowest BCUT2D eigenvalue weighted by atomic mass is 10.2. The third-order valence-corrected chi connectivity index (χ3v) is 7.12. The Kier molecular flexibility index (Phi) is 5.83. The number of carboxylic acid groups (broad SMARTS) is 1. The summed E-state index contributed by atoms with van der Waals surface area (Å²) in [5, 5.41) is 9.21. The number of benzene rings is 1. The van der Waals surface area contributed by atoms with Gasteiger partial charge >= 0.3 is 5.97 Å². The van der Waals surface area contributed by atoms with E-state index in [2.05, 4.69) is 0 Å². The summed E-state index contributed by atoms with van der Waals surface area (Å²) < 4.78 is 26.9. The highest BCUT2D eigenvalue weighted by Gasteiger charge is 2.35. The largest absolute Gasteiger partial charge is 0.480 e. The highest BCUT2D eigenvalue weighted by atomic mass is 32.2. The van der Waals surface area contributed by atoms with Gasteiger partial charge in [0, 0.05) is 32.7 Å². The number of hydrogen-bond acceptors (Lipinski definition) is 5. The second kappa shape index (κ2) is 7.95. The molecule has 2 aliphatic heterocycles. The van der Waals surface area contributed by atoms with Gasteiger partial charge in [0.2, 0.25) is 15.9 Å². The van der Waals surface area contributed by atoms with E-state index in [0.29, 0.717) is 45.6 Å². The van der Waals surface area contributed by atoms with Crippen molar-refractivity contribution >= 4 is 21.9 Å². The fraction of sp³-hybridized carbons (Fsp3) is 0.556. The van der Waals surface area contributed by atoms with Gasteiger partial charge in [0.25, 0.3) is 0 Å². The molecule has 0 spiro atoms. The Bertz CT molecular complexity index is 801. The van der Waals surface area contributed by atoms with Crippen LogP contribution < -0.4 is 0 Å². The molecule has 2 fully saturated rings. The molecule has 0 aromatic heterocycles. The molecule has 0 bridgehead atoms. The van der Waals surface area contributed by atoms with Gasteiger partial charge in [-0.25, -0.2) is 13.2 Å². The lowest BCUT2D eigenvalue weighted by Crippen LogP contribution is -2.52. The van der Waals surface area contributed by atoms with E-state index in [9.17, 15) is 23.1 Å². The Labute approximate surface area is 159 Å². The number of piperazine rings is 1. The Morgan fingerprint density at radius 1 is 1.07 bits per heavy atom. The second-order valence-electron chi connectivity index (χ2n) is 7.08. The Balaban J connectivity index is 1.56. The van der Waals surface area contributed by atoms with Gasteiger partial charge in [0.05, 0.1) is 11.4 Å². The number of sulfonamides is 1. The number of carboxylic acids is 1. The van der Waals surface area contributed by atoms with Crippen LogP contribution in [0.5, 0.6) is 0 Å². The molecule has 0 saturated carbocycles. The number of carbonyl (C=O) groups excluding carboxylic acids is 1. The van der Waals surface area contributed by atoms with Crippen LogP contribution >= 0.6 is 0 Å². The van der Waals surface area contributed by atoms with Crippen LogP contribution in [0.2, 0.25) is 0 Å². The summed E-state index contributed by atoms with van der Waals surface area (Å²) in [7, 11) is -3.53. The van der Waals surface area contributed by atoms with Crippen molar-refractivity contribution in [3.05, 3.63) is 29.8 Å². The van der Waals surface area contributed by atoms with Crippen molar-refractivity contribution in [2.45, 2.75) is 30.7 Å². The number of aryl methyl sites for hydroxylation is 1. The zero-order valence-corrected chi connectivity index (χ0v) is 16.2. The summed E-state index contributed by atoms with van der Waals surface area (Å²) in [5.74, 6) is -1.16. The highest BCUT2D eigenvalue weighted by molar-refractivity contribution is 7.89. The van der Waals surface area contributed by atoms with Crippen molar-refractivity contribution < 1.29 is 23.1 Å². The van der Waals surface area contributed by atoms with Gasteiger partial charge in [-0.05, 0) is 31.9 Å². The molecule has 0 unspecified atom stereocenters. The fourth-order valence-electron chi connectivity index (χ4n) is 3.59. The third kappa shape index (κ3) is 4.31. The van der Waals surface area contributed by atoms with Crippen molar-refractivity contribution in [2.75, 3.05) is 39.3 Å². The van der Waals surface area contributed by atoms with E-state index in [4.69, 9.17) is 0 Å². The first kappa shape index (κ1) is 19.8. The molecule has 148 valence electrons. The van der Waals surface area contributed by atoms with E-state index in [1.54, 1.807) is 24.3 Å². The van der Waals surface area contributed by atoms with E-state index in [1.807, 2.05) is 11.8 Å². The van der Waals surface area contributed by atoms with Crippen molar-refractivity contribution in [1.82, 2.24) is 14.1 Å². The van der Waals surface area contributed by atoms with Gasteiger partial charge in [-0.2, -0.15) is 4.31 Å². The molecule has 1 atom stereocenters. The number of carbonyl (C=O) groups is 2. The summed E-state index contributed by atoms with van der Waals surface area (Å²) in [6, 6.07) is 6.04. The SMILES string of the molecule is Cc1ccc(S(=O)(=O)N2CCN(CC(=O)N3CCC[C@@H]3C(=O)O)CC2)cc1. The lowest BCUT2D eigenvalue weighted by Gasteiger charge is -2.34. The van der Waals surface area contributed by atoms with Gasteiger partial charge in [-0.3, -0.25) is 9.69 Å². The first-order valence-electron chi connectivity index (χ1n) is 9.10. The maximum Gasteiger partial charge on any atom is 0.326 e. The van der Waals surface area contributed by atoms with Crippen LogP contribution in [-0.2, 0) is 19.6 Å². The standard InChI is InChI=1S/C18H25N3O5S/c1-14-4-6-15(7-5-14)27(25,26)20-11-9-19(10-12-20)13-17(22)21-8-2-3-16(21)18(23)24/h4-7,16H,2-3,8-13H2,1H3,(H,23,24)/t16-/m1/s1. The maximum atomic E-state index is 12.7. The molecule has 8 nitrogen and oxygen atoms in total. The van der Waals surface area contributed by atoms with E-state index in [1.165, 1.54) is 9.21 Å². The second-order valence-corrected chi connectivity index (χ2v) is 9.01. The summed E-state index contributed by atoms with van der Waals surface area (Å²) in [4.78, 5) is 27.3. The molecule has 0 aliphatic carbocycles. The number of rotatable bonds is 5. The lowest BCUT2D eigenvalue weighted by molar-refractivity contribution is -0.148. The summed E-state index contributed by atoms with van der Waals surface area (Å²) >= 11 is 0. The van der Waals surface area contributed by atoms with Crippen molar-refractivity contribution in [3.8, 4) is 0 Å². The molecule has 1 N–H and O–H groups in total. The number of likely N-dealkylation sites (tertiary alicyclic amines) is 1. The van der Waals surface area contributed by atoms with E-state index in [0.717, 1.165) is 5.56 Å². The van der Waals surface area contributed by atoms with Crippen LogP contribution in [0, 0.1) is 6.92 Å². The molecule has 1 aromatic rings. The van der Waals surface area contributed by atoms with E-state index in [-0.39, 0.29) is 17.3 Å². The van der Waals surface area contributed by atoms with Crippen molar-refractivity contribution in [1.29, 1.82) is 0 Å². The van der Waals surface area contributed by atoms with Crippen LogP contribution in [0.25, 0.3) is 0 Å². The molecule has 0 radical (unpaired) electrons. The van der Waals surface area contributed by atoms with Gasteiger partial charge < -0.3 is 10.0 Å². The molecular weight excluding hydrogens is 370 g/mol. The Hall–Kier alpha value is -1.97. The van der Waals surface area contributed by atoms with Gasteiger partial charge in [0.1, 0.15) is 6.04 Å². The molecule has 1 aromatic carbocycles. The minimum atomic E-state index is -3.53. The summed E-state index contributed by atoms with van der Waals surface area (Å²) in [6.07, 6.45) is 1.19. The first-order valence-corrected chi connectivity index (χ1v) is 10.5. The quantitative estimate of drug-likeness (QED) is 0.774. The smallest absolute Gasteiger partial charge is 0.326 e.